The lowest BCUT2D eigenvalue weighted by molar-refractivity contribution is 0.425. The van der Waals surface area contributed by atoms with Gasteiger partial charge in [-0.3, -0.25) is 0 Å². The number of hydrogen-bond acceptors (Lipinski definition) is 1. The summed E-state index contributed by atoms with van der Waals surface area (Å²) < 4.78 is 0. The van der Waals surface area contributed by atoms with Crippen molar-refractivity contribution in [2.24, 2.45) is 5.92 Å². The van der Waals surface area contributed by atoms with E-state index in [0.717, 1.165) is 17.1 Å². The third-order valence-electron chi connectivity index (χ3n) is 4.82. The topological polar surface area (TPSA) is 12.0 Å². The molecule has 0 amide bonds. The molecule has 0 fully saturated rings. The molecule has 0 saturated heterocycles. The van der Waals surface area contributed by atoms with Crippen LogP contribution in [0.2, 0.25) is 10.0 Å². The number of hydrogen-bond donors (Lipinski definition) is 1. The van der Waals surface area contributed by atoms with Crippen LogP contribution < -0.4 is 5.32 Å². The van der Waals surface area contributed by atoms with Gasteiger partial charge in [0.15, 0.2) is 0 Å². The summed E-state index contributed by atoms with van der Waals surface area (Å²) in [6.07, 6.45) is 5.65. The van der Waals surface area contributed by atoms with Gasteiger partial charge in [0.1, 0.15) is 0 Å². The third kappa shape index (κ3) is 2.24. The van der Waals surface area contributed by atoms with E-state index in [4.69, 9.17) is 23.2 Å². The van der Waals surface area contributed by atoms with E-state index < -0.39 is 0 Å². The highest BCUT2D eigenvalue weighted by molar-refractivity contribution is 6.35. The van der Waals surface area contributed by atoms with Crippen LogP contribution in [0.5, 0.6) is 0 Å². The van der Waals surface area contributed by atoms with Crippen molar-refractivity contribution in [2.45, 2.75) is 25.3 Å². The zero-order valence-corrected chi connectivity index (χ0v) is 13.8. The molecular formula is C19H17Cl2N. The number of benzene rings is 2. The Hall–Kier alpha value is -1.44. The maximum Gasteiger partial charge on any atom is 0.0553 e. The second-order valence-corrected chi connectivity index (χ2v) is 7.08. The Morgan fingerprint density at radius 3 is 2.64 bits per heavy atom. The molecule has 2 aliphatic rings. The molecule has 2 aromatic rings. The van der Waals surface area contributed by atoms with Gasteiger partial charge in [0.05, 0.1) is 6.04 Å². The van der Waals surface area contributed by atoms with Gasteiger partial charge in [-0.25, -0.2) is 0 Å². The zero-order chi connectivity index (χ0) is 15.3. The average Bonchev–Trinajstić information content (AvgIpc) is 2.95. The van der Waals surface area contributed by atoms with Crippen LogP contribution in [0.25, 0.3) is 0 Å². The zero-order valence-electron chi connectivity index (χ0n) is 12.3. The molecule has 3 atom stereocenters. The first kappa shape index (κ1) is 14.2. The monoisotopic (exact) mass is 329 g/mol. The fourth-order valence-electron chi connectivity index (χ4n) is 3.75. The Kier molecular flexibility index (Phi) is 3.43. The van der Waals surface area contributed by atoms with E-state index in [9.17, 15) is 0 Å². The molecule has 112 valence electrons. The highest BCUT2D eigenvalue weighted by Gasteiger charge is 2.39. The number of fused-ring (bicyclic) bond motifs is 3. The first-order valence-corrected chi connectivity index (χ1v) is 8.38. The molecule has 0 saturated carbocycles. The molecule has 3 heteroatoms. The highest BCUT2D eigenvalue weighted by atomic mass is 35.5. The first-order chi connectivity index (χ1) is 10.6. The maximum absolute atomic E-state index is 6.47. The molecule has 1 N–H and O–H groups in total. The van der Waals surface area contributed by atoms with Crippen LogP contribution in [-0.2, 0) is 0 Å². The molecule has 0 spiro atoms. The number of allylic oxidation sites excluding steroid dienone is 2. The van der Waals surface area contributed by atoms with Crippen molar-refractivity contribution >= 4 is 28.9 Å². The first-order valence-electron chi connectivity index (χ1n) is 7.62. The minimum Gasteiger partial charge on any atom is -0.378 e. The van der Waals surface area contributed by atoms with E-state index in [-0.39, 0.29) is 0 Å². The molecular weight excluding hydrogens is 313 g/mol. The van der Waals surface area contributed by atoms with Crippen LogP contribution in [0.3, 0.4) is 0 Å². The second kappa shape index (κ2) is 5.33. The fourth-order valence-corrected chi connectivity index (χ4v) is 4.37. The smallest absolute Gasteiger partial charge is 0.0553 e. The number of aryl methyl sites for hydroxylation is 1. The van der Waals surface area contributed by atoms with E-state index in [1.807, 2.05) is 12.1 Å². The summed E-state index contributed by atoms with van der Waals surface area (Å²) in [4.78, 5) is 0. The Morgan fingerprint density at radius 1 is 1.09 bits per heavy atom. The van der Waals surface area contributed by atoms with Crippen molar-refractivity contribution in [3.63, 3.8) is 0 Å². The predicted octanol–water partition coefficient (Wildman–Crippen LogP) is 6.13. The van der Waals surface area contributed by atoms with Crippen LogP contribution in [0.4, 0.5) is 5.69 Å². The summed E-state index contributed by atoms with van der Waals surface area (Å²) in [5, 5.41) is 5.12. The van der Waals surface area contributed by atoms with Crippen LogP contribution in [0.1, 0.15) is 35.1 Å². The molecule has 1 aliphatic carbocycles. The van der Waals surface area contributed by atoms with E-state index >= 15 is 0 Å². The number of nitrogens with one attached hydrogen (secondary N) is 1. The largest absolute Gasteiger partial charge is 0.378 e. The summed E-state index contributed by atoms with van der Waals surface area (Å²) in [5.74, 6) is 0.876. The molecule has 0 unspecified atom stereocenters. The van der Waals surface area contributed by atoms with Gasteiger partial charge in [-0.1, -0.05) is 65.2 Å². The normalized spacial score (nSPS) is 25.5. The van der Waals surface area contributed by atoms with Crippen molar-refractivity contribution in [3.8, 4) is 0 Å². The van der Waals surface area contributed by atoms with Crippen molar-refractivity contribution in [3.05, 3.63) is 75.3 Å². The quantitative estimate of drug-likeness (QED) is 0.620. The van der Waals surface area contributed by atoms with E-state index in [1.54, 1.807) is 0 Å². The summed E-state index contributed by atoms with van der Waals surface area (Å²) in [7, 11) is 0. The lowest BCUT2D eigenvalue weighted by Gasteiger charge is -2.38. The number of anilines is 1. The number of halogens is 2. The fraction of sp³-hybridized carbons (Fsp3) is 0.263. The van der Waals surface area contributed by atoms with Crippen molar-refractivity contribution in [1.82, 2.24) is 0 Å². The molecule has 2 aromatic carbocycles. The molecule has 4 rings (SSSR count). The lowest BCUT2D eigenvalue weighted by Crippen LogP contribution is -2.29. The number of rotatable bonds is 1. The summed E-state index contributed by atoms with van der Waals surface area (Å²) >= 11 is 12.7. The van der Waals surface area contributed by atoms with Gasteiger partial charge in [0.25, 0.3) is 0 Å². The third-order valence-corrected chi connectivity index (χ3v) is 5.35. The van der Waals surface area contributed by atoms with Gasteiger partial charge < -0.3 is 5.32 Å². The van der Waals surface area contributed by atoms with Gasteiger partial charge in [-0.2, -0.15) is 0 Å². The summed E-state index contributed by atoms with van der Waals surface area (Å²) in [6, 6.07) is 12.9. The Labute approximate surface area is 140 Å². The lowest BCUT2D eigenvalue weighted by atomic mass is 9.77. The average molecular weight is 330 g/mol. The van der Waals surface area contributed by atoms with Gasteiger partial charge >= 0.3 is 0 Å². The highest BCUT2D eigenvalue weighted by Crippen LogP contribution is 2.52. The predicted molar refractivity (Wildman–Crippen MR) is 94.0 cm³/mol. The SMILES string of the molecule is Cc1ccc([C@@H]2Nc3cc(Cl)cc(Cl)c3[C@@H]3C=CC[C@@H]32)cc1. The van der Waals surface area contributed by atoms with E-state index in [2.05, 4.69) is 48.7 Å². The van der Waals surface area contributed by atoms with Crippen molar-refractivity contribution in [1.29, 1.82) is 0 Å². The van der Waals surface area contributed by atoms with Gasteiger partial charge in [0, 0.05) is 27.2 Å². The Bertz CT molecular complexity index is 749. The molecule has 0 bridgehead atoms. The standard InChI is InChI=1S/C19H17Cl2N/c1-11-5-7-12(8-6-11)19-15-4-2-3-14(15)18-16(21)9-13(20)10-17(18)22-19/h2-3,5-10,14-15,19,22H,4H2,1H3/t14-,15+,19+/m1/s1. The van der Waals surface area contributed by atoms with Crippen LogP contribution in [0.15, 0.2) is 48.6 Å². The minimum atomic E-state index is 0.294. The van der Waals surface area contributed by atoms with E-state index in [0.29, 0.717) is 22.9 Å². The van der Waals surface area contributed by atoms with E-state index in [1.165, 1.54) is 16.7 Å². The molecule has 1 nitrogen and oxygen atoms in total. The van der Waals surface area contributed by atoms with Crippen LogP contribution in [0, 0.1) is 12.8 Å². The van der Waals surface area contributed by atoms with Crippen LogP contribution in [-0.4, -0.2) is 0 Å². The van der Waals surface area contributed by atoms with Gasteiger partial charge in [-0.05, 0) is 37.0 Å². The maximum atomic E-state index is 6.47. The van der Waals surface area contributed by atoms with Crippen molar-refractivity contribution < 1.29 is 0 Å². The molecule has 1 heterocycles. The van der Waals surface area contributed by atoms with Gasteiger partial charge in [0.2, 0.25) is 0 Å². The summed E-state index contributed by atoms with van der Waals surface area (Å²) in [6.45, 7) is 2.12. The molecule has 22 heavy (non-hydrogen) atoms. The molecule has 0 radical (unpaired) electrons. The summed E-state index contributed by atoms with van der Waals surface area (Å²) in [5.41, 5.74) is 4.86. The molecule has 1 aliphatic heterocycles. The second-order valence-electron chi connectivity index (χ2n) is 6.24. The van der Waals surface area contributed by atoms with Crippen LogP contribution >= 0.6 is 23.2 Å². The minimum absolute atomic E-state index is 0.294. The van der Waals surface area contributed by atoms with Gasteiger partial charge in [-0.15, -0.1) is 0 Å². The Morgan fingerprint density at radius 2 is 1.86 bits per heavy atom. The molecule has 0 aromatic heterocycles. The Balaban J connectivity index is 1.82. The van der Waals surface area contributed by atoms with Crippen molar-refractivity contribution in [2.75, 3.05) is 5.32 Å².